The lowest BCUT2D eigenvalue weighted by atomic mass is 9.78. The van der Waals surface area contributed by atoms with E-state index in [1.807, 2.05) is 0 Å². The van der Waals surface area contributed by atoms with Gasteiger partial charge in [0.05, 0.1) is 0 Å². The molecule has 0 heterocycles. The summed E-state index contributed by atoms with van der Waals surface area (Å²) >= 11 is 0. The average Bonchev–Trinajstić information content (AvgIpc) is 2.40. The standard InChI is InChI=1S/C18H21/c1-14(2)15-10-12-17(13-11-15)18(3,4)16-8-6-5-7-9-16/h5-13H,1-4H3. The maximum Gasteiger partial charge on any atom is 0.0146 e. The zero-order valence-corrected chi connectivity index (χ0v) is 11.7. The second-order valence-electron chi connectivity index (χ2n) is 5.57. The number of hydrogen-bond donors (Lipinski definition) is 0. The monoisotopic (exact) mass is 237 g/mol. The molecule has 2 rings (SSSR count). The Morgan fingerprint density at radius 3 is 1.72 bits per heavy atom. The molecule has 0 bridgehead atoms. The van der Waals surface area contributed by atoms with Gasteiger partial charge in [0, 0.05) is 5.41 Å². The van der Waals surface area contributed by atoms with Gasteiger partial charge in [-0.2, -0.15) is 0 Å². The predicted octanol–water partition coefficient (Wildman–Crippen LogP) is 4.97. The van der Waals surface area contributed by atoms with E-state index >= 15 is 0 Å². The van der Waals surface area contributed by atoms with Crippen LogP contribution in [0.5, 0.6) is 0 Å². The van der Waals surface area contributed by atoms with E-state index in [1.165, 1.54) is 22.6 Å². The Bertz CT molecular complexity index is 489. The molecular weight excluding hydrogens is 216 g/mol. The van der Waals surface area contributed by atoms with Crippen LogP contribution in [0.2, 0.25) is 0 Å². The van der Waals surface area contributed by atoms with Gasteiger partial charge in [0.2, 0.25) is 0 Å². The van der Waals surface area contributed by atoms with Gasteiger partial charge >= 0.3 is 0 Å². The lowest BCUT2D eigenvalue weighted by Gasteiger charge is -2.26. The van der Waals surface area contributed by atoms with Crippen molar-refractivity contribution in [3.63, 3.8) is 0 Å². The third-order valence-electron chi connectivity index (χ3n) is 3.68. The fourth-order valence-corrected chi connectivity index (χ4v) is 2.24. The van der Waals surface area contributed by atoms with E-state index in [-0.39, 0.29) is 5.41 Å². The zero-order valence-electron chi connectivity index (χ0n) is 11.7. The molecule has 0 aliphatic carbocycles. The van der Waals surface area contributed by atoms with Crippen molar-refractivity contribution in [3.05, 3.63) is 77.2 Å². The van der Waals surface area contributed by atoms with Gasteiger partial charge in [-0.3, -0.25) is 0 Å². The molecule has 0 heteroatoms. The van der Waals surface area contributed by atoms with Crippen LogP contribution in [-0.4, -0.2) is 0 Å². The van der Waals surface area contributed by atoms with Crippen molar-refractivity contribution >= 4 is 0 Å². The molecule has 93 valence electrons. The Hall–Kier alpha value is -1.56. The fraction of sp³-hybridized carbons (Fsp3) is 0.278. The van der Waals surface area contributed by atoms with E-state index in [0.29, 0.717) is 0 Å². The zero-order chi connectivity index (χ0) is 13.2. The van der Waals surface area contributed by atoms with E-state index in [1.54, 1.807) is 0 Å². The first-order valence-corrected chi connectivity index (χ1v) is 6.48. The van der Waals surface area contributed by atoms with Gasteiger partial charge in [0.25, 0.3) is 0 Å². The molecule has 0 spiro atoms. The molecule has 18 heavy (non-hydrogen) atoms. The largest absolute Gasteiger partial charge is 0.0622 e. The molecular formula is C18H21. The van der Waals surface area contributed by atoms with Crippen LogP contribution in [0.25, 0.3) is 0 Å². The van der Waals surface area contributed by atoms with Gasteiger partial charge in [-0.25, -0.2) is 0 Å². The normalized spacial score (nSPS) is 11.8. The minimum absolute atomic E-state index is 0.0570. The SMILES string of the molecule is C[C](C)c1ccc(C(C)(C)c2ccccc2)cc1. The summed E-state index contributed by atoms with van der Waals surface area (Å²) in [7, 11) is 0. The lowest BCUT2D eigenvalue weighted by Crippen LogP contribution is -2.18. The summed E-state index contributed by atoms with van der Waals surface area (Å²) in [6, 6.07) is 19.6. The van der Waals surface area contributed by atoms with Gasteiger partial charge in [-0.15, -0.1) is 0 Å². The van der Waals surface area contributed by atoms with Crippen LogP contribution in [0.15, 0.2) is 54.6 Å². The summed E-state index contributed by atoms with van der Waals surface area (Å²) < 4.78 is 0. The highest BCUT2D eigenvalue weighted by molar-refractivity contribution is 5.40. The van der Waals surface area contributed by atoms with Crippen LogP contribution in [-0.2, 0) is 5.41 Å². The topological polar surface area (TPSA) is 0 Å². The van der Waals surface area contributed by atoms with Crippen LogP contribution in [0.1, 0.15) is 44.4 Å². The van der Waals surface area contributed by atoms with E-state index in [9.17, 15) is 0 Å². The minimum atomic E-state index is 0.0570. The second kappa shape index (κ2) is 4.97. The summed E-state index contributed by atoms with van der Waals surface area (Å²) in [5.41, 5.74) is 4.10. The summed E-state index contributed by atoms with van der Waals surface area (Å²) in [4.78, 5) is 0. The highest BCUT2D eigenvalue weighted by Crippen LogP contribution is 2.31. The minimum Gasteiger partial charge on any atom is -0.0622 e. The molecule has 0 saturated heterocycles. The van der Waals surface area contributed by atoms with Crippen LogP contribution < -0.4 is 0 Å². The van der Waals surface area contributed by atoms with Crippen molar-refractivity contribution < 1.29 is 0 Å². The molecule has 2 aromatic carbocycles. The maximum absolute atomic E-state index is 2.28. The summed E-state index contributed by atoms with van der Waals surface area (Å²) in [6.07, 6.45) is 0. The van der Waals surface area contributed by atoms with Crippen LogP contribution in [0.3, 0.4) is 0 Å². The Labute approximate surface area is 111 Å². The third-order valence-corrected chi connectivity index (χ3v) is 3.68. The lowest BCUT2D eigenvalue weighted by molar-refractivity contribution is 0.640. The number of hydrogen-bond acceptors (Lipinski definition) is 0. The van der Waals surface area contributed by atoms with E-state index < -0.39 is 0 Å². The van der Waals surface area contributed by atoms with Crippen LogP contribution in [0.4, 0.5) is 0 Å². The molecule has 0 amide bonds. The van der Waals surface area contributed by atoms with Gasteiger partial charge in [0.15, 0.2) is 0 Å². The molecule has 0 aliphatic heterocycles. The summed E-state index contributed by atoms with van der Waals surface area (Å²) in [5, 5.41) is 0. The fourth-order valence-electron chi connectivity index (χ4n) is 2.24. The van der Waals surface area contributed by atoms with Gasteiger partial charge in [0.1, 0.15) is 0 Å². The average molecular weight is 237 g/mol. The molecule has 0 aromatic heterocycles. The number of benzene rings is 2. The molecule has 0 unspecified atom stereocenters. The Kier molecular flexibility index (Phi) is 3.56. The summed E-state index contributed by atoms with van der Waals surface area (Å²) in [6.45, 7) is 8.86. The second-order valence-corrected chi connectivity index (χ2v) is 5.57. The molecule has 0 aliphatic rings. The Morgan fingerprint density at radius 2 is 1.22 bits per heavy atom. The van der Waals surface area contributed by atoms with Crippen molar-refractivity contribution in [2.45, 2.75) is 33.1 Å². The van der Waals surface area contributed by atoms with Crippen LogP contribution >= 0.6 is 0 Å². The van der Waals surface area contributed by atoms with E-state index in [4.69, 9.17) is 0 Å². The highest BCUT2D eigenvalue weighted by atomic mass is 14.3. The molecule has 0 fully saturated rings. The van der Waals surface area contributed by atoms with Crippen molar-refractivity contribution in [1.29, 1.82) is 0 Å². The molecule has 1 radical (unpaired) electrons. The Morgan fingerprint density at radius 1 is 0.722 bits per heavy atom. The van der Waals surface area contributed by atoms with Crippen molar-refractivity contribution in [1.82, 2.24) is 0 Å². The van der Waals surface area contributed by atoms with Gasteiger partial charge in [-0.1, -0.05) is 82.3 Å². The first-order valence-electron chi connectivity index (χ1n) is 6.48. The van der Waals surface area contributed by atoms with Crippen molar-refractivity contribution in [2.24, 2.45) is 0 Å². The van der Waals surface area contributed by atoms with Crippen molar-refractivity contribution in [2.75, 3.05) is 0 Å². The molecule has 0 atom stereocenters. The molecule has 0 N–H and O–H groups in total. The maximum atomic E-state index is 2.28. The van der Waals surface area contributed by atoms with Crippen LogP contribution in [0, 0.1) is 5.92 Å². The smallest absolute Gasteiger partial charge is 0.0146 e. The highest BCUT2D eigenvalue weighted by Gasteiger charge is 2.22. The van der Waals surface area contributed by atoms with Gasteiger partial charge in [-0.05, 0) is 22.6 Å². The van der Waals surface area contributed by atoms with Crippen molar-refractivity contribution in [3.8, 4) is 0 Å². The molecule has 0 nitrogen and oxygen atoms in total. The Balaban J connectivity index is 2.36. The van der Waals surface area contributed by atoms with E-state index in [2.05, 4.69) is 82.3 Å². The molecule has 2 aromatic rings. The van der Waals surface area contributed by atoms with E-state index in [0.717, 1.165) is 0 Å². The first-order chi connectivity index (χ1) is 8.51. The third kappa shape index (κ3) is 2.48. The predicted molar refractivity (Wildman–Crippen MR) is 78.7 cm³/mol. The first kappa shape index (κ1) is 12.9. The number of rotatable bonds is 3. The van der Waals surface area contributed by atoms with Gasteiger partial charge < -0.3 is 0 Å². The summed E-state index contributed by atoms with van der Waals surface area (Å²) in [5.74, 6) is 1.36. The molecule has 0 saturated carbocycles. The quantitative estimate of drug-likeness (QED) is 0.706.